The van der Waals surface area contributed by atoms with Crippen LogP contribution in [0.3, 0.4) is 0 Å². The van der Waals surface area contributed by atoms with Crippen molar-refractivity contribution in [3.05, 3.63) is 77.6 Å². The number of aromatic nitrogens is 2. The molecule has 2 amide bonds. The molecular weight excluding hydrogens is 397 g/mol. The van der Waals surface area contributed by atoms with Gasteiger partial charge in [-0.3, -0.25) is 9.59 Å². The molecule has 1 aromatic heterocycles. The van der Waals surface area contributed by atoms with E-state index in [4.69, 9.17) is 0 Å². The van der Waals surface area contributed by atoms with E-state index in [1.807, 2.05) is 0 Å². The summed E-state index contributed by atoms with van der Waals surface area (Å²) in [5.41, 5.74) is -0.889. The molecule has 3 aromatic rings. The van der Waals surface area contributed by atoms with Gasteiger partial charge < -0.3 is 10.6 Å². The molecule has 4 rings (SSSR count). The van der Waals surface area contributed by atoms with Crippen LogP contribution in [0.4, 0.5) is 18.9 Å². The molecule has 0 atom stereocenters. The zero-order chi connectivity index (χ0) is 21.3. The number of halogens is 3. The first-order chi connectivity index (χ1) is 14.3. The number of hydrogen-bond acceptors (Lipinski definition) is 3. The Morgan fingerprint density at radius 2 is 1.63 bits per heavy atom. The van der Waals surface area contributed by atoms with Crippen LogP contribution in [-0.4, -0.2) is 27.6 Å². The van der Waals surface area contributed by atoms with E-state index < -0.39 is 23.3 Å². The van der Waals surface area contributed by atoms with Crippen LogP contribution in [0.2, 0.25) is 0 Å². The molecule has 0 aliphatic heterocycles. The summed E-state index contributed by atoms with van der Waals surface area (Å²) in [5.74, 6) is -1.17. The summed E-state index contributed by atoms with van der Waals surface area (Å²) in [6, 6.07) is 13.9. The second-order valence-electron chi connectivity index (χ2n) is 6.93. The first-order valence-corrected chi connectivity index (χ1v) is 9.26. The summed E-state index contributed by atoms with van der Waals surface area (Å²) >= 11 is 0. The highest BCUT2D eigenvalue weighted by atomic mass is 19.4. The first kappa shape index (κ1) is 19.7. The number of para-hydroxylation sites is 1. The van der Waals surface area contributed by atoms with E-state index in [0.717, 1.165) is 19.0 Å². The minimum absolute atomic E-state index is 0.190. The number of alkyl halides is 3. The molecule has 0 bridgehead atoms. The van der Waals surface area contributed by atoms with Gasteiger partial charge in [0.05, 0.1) is 17.4 Å². The van der Waals surface area contributed by atoms with E-state index >= 15 is 0 Å². The highest BCUT2D eigenvalue weighted by Gasteiger charge is 2.40. The highest BCUT2D eigenvalue weighted by Crippen LogP contribution is 2.34. The Kier molecular flexibility index (Phi) is 5.03. The average Bonchev–Trinajstić information content (AvgIpc) is 3.41. The lowest BCUT2D eigenvalue weighted by molar-refractivity contribution is -0.143. The Bertz CT molecular complexity index is 1070. The van der Waals surface area contributed by atoms with Gasteiger partial charge in [-0.1, -0.05) is 18.2 Å². The SMILES string of the molecule is O=C(NC1CC1)c1ccc(NC(=O)c2cnn(-c3ccccc3)c2C(F)(F)F)cc1. The lowest BCUT2D eigenvalue weighted by atomic mass is 10.1. The largest absolute Gasteiger partial charge is 0.434 e. The van der Waals surface area contributed by atoms with Gasteiger partial charge in [0.15, 0.2) is 5.69 Å². The number of hydrogen-bond donors (Lipinski definition) is 2. The number of nitrogens with zero attached hydrogens (tertiary/aromatic N) is 2. The van der Waals surface area contributed by atoms with Crippen molar-refractivity contribution in [1.29, 1.82) is 0 Å². The number of carbonyl (C=O) groups is 2. The molecule has 1 fully saturated rings. The molecule has 2 aromatic carbocycles. The number of carbonyl (C=O) groups excluding carboxylic acids is 2. The highest BCUT2D eigenvalue weighted by molar-refractivity contribution is 6.05. The lowest BCUT2D eigenvalue weighted by Gasteiger charge is -2.13. The molecule has 0 spiro atoms. The van der Waals surface area contributed by atoms with Crippen LogP contribution in [0.5, 0.6) is 0 Å². The van der Waals surface area contributed by atoms with E-state index in [2.05, 4.69) is 15.7 Å². The fourth-order valence-corrected chi connectivity index (χ4v) is 2.95. The third-order valence-electron chi connectivity index (χ3n) is 4.60. The van der Waals surface area contributed by atoms with Crippen LogP contribution in [-0.2, 0) is 6.18 Å². The molecule has 0 radical (unpaired) electrons. The molecule has 9 heteroatoms. The third-order valence-corrected chi connectivity index (χ3v) is 4.60. The Balaban J connectivity index is 1.56. The molecule has 0 unspecified atom stereocenters. The maximum absolute atomic E-state index is 13.7. The summed E-state index contributed by atoms with van der Waals surface area (Å²) < 4.78 is 41.8. The third kappa shape index (κ3) is 4.19. The molecular formula is C21H17F3N4O2. The van der Waals surface area contributed by atoms with Crippen molar-refractivity contribution in [3.63, 3.8) is 0 Å². The van der Waals surface area contributed by atoms with Crippen LogP contribution in [0.25, 0.3) is 5.69 Å². The Morgan fingerprint density at radius 3 is 2.23 bits per heavy atom. The van der Waals surface area contributed by atoms with Crippen molar-refractivity contribution in [2.75, 3.05) is 5.32 Å². The fourth-order valence-electron chi connectivity index (χ4n) is 2.95. The van der Waals surface area contributed by atoms with Crippen LogP contribution < -0.4 is 10.6 Å². The molecule has 30 heavy (non-hydrogen) atoms. The minimum Gasteiger partial charge on any atom is -0.349 e. The smallest absolute Gasteiger partial charge is 0.349 e. The maximum Gasteiger partial charge on any atom is 0.434 e. The molecule has 2 N–H and O–H groups in total. The van der Waals surface area contributed by atoms with Gasteiger partial charge in [0, 0.05) is 17.3 Å². The van der Waals surface area contributed by atoms with Crippen molar-refractivity contribution < 1.29 is 22.8 Å². The van der Waals surface area contributed by atoms with E-state index in [-0.39, 0.29) is 23.3 Å². The monoisotopic (exact) mass is 414 g/mol. The van der Waals surface area contributed by atoms with Crippen LogP contribution in [0.1, 0.15) is 39.3 Å². The fraction of sp³-hybridized carbons (Fsp3) is 0.190. The van der Waals surface area contributed by atoms with Gasteiger partial charge in [0.25, 0.3) is 11.8 Å². The minimum atomic E-state index is -4.79. The molecule has 1 aliphatic carbocycles. The van der Waals surface area contributed by atoms with Gasteiger partial charge in [-0.25, -0.2) is 4.68 Å². The maximum atomic E-state index is 13.7. The second kappa shape index (κ2) is 7.66. The van der Waals surface area contributed by atoms with Crippen molar-refractivity contribution in [1.82, 2.24) is 15.1 Å². The summed E-state index contributed by atoms with van der Waals surface area (Å²) in [5, 5.41) is 9.04. The summed E-state index contributed by atoms with van der Waals surface area (Å²) in [6.07, 6.45) is -1.98. The van der Waals surface area contributed by atoms with Crippen LogP contribution in [0.15, 0.2) is 60.8 Å². The van der Waals surface area contributed by atoms with Gasteiger partial charge in [0.2, 0.25) is 0 Å². The van der Waals surface area contributed by atoms with E-state index in [1.54, 1.807) is 18.2 Å². The quantitative estimate of drug-likeness (QED) is 0.662. The number of amides is 2. The normalized spacial score (nSPS) is 13.7. The molecule has 1 aliphatic rings. The van der Waals surface area contributed by atoms with Gasteiger partial charge in [-0.05, 0) is 49.2 Å². The van der Waals surface area contributed by atoms with E-state index in [9.17, 15) is 22.8 Å². The standard InChI is InChI=1S/C21H17F3N4O2/c22-21(23,24)18-17(12-25-28(18)16-4-2-1-3-5-16)20(30)27-14-8-6-13(7-9-14)19(29)26-15-10-11-15/h1-9,12,15H,10-11H2,(H,26,29)(H,27,30). The Morgan fingerprint density at radius 1 is 0.967 bits per heavy atom. The predicted molar refractivity (Wildman–Crippen MR) is 103 cm³/mol. The predicted octanol–water partition coefficient (Wildman–Crippen LogP) is 4.04. The zero-order valence-electron chi connectivity index (χ0n) is 15.6. The van der Waals surface area contributed by atoms with Gasteiger partial charge in [-0.15, -0.1) is 0 Å². The number of anilines is 1. The summed E-state index contributed by atoms with van der Waals surface area (Å²) in [7, 11) is 0. The van der Waals surface area contributed by atoms with Gasteiger partial charge in [-0.2, -0.15) is 18.3 Å². The summed E-state index contributed by atoms with van der Waals surface area (Å²) in [6.45, 7) is 0. The molecule has 6 nitrogen and oxygen atoms in total. The van der Waals surface area contributed by atoms with Crippen molar-refractivity contribution in [2.45, 2.75) is 25.1 Å². The molecule has 1 saturated carbocycles. The van der Waals surface area contributed by atoms with Crippen molar-refractivity contribution in [2.24, 2.45) is 0 Å². The number of nitrogens with one attached hydrogen (secondary N) is 2. The molecule has 0 saturated heterocycles. The number of rotatable bonds is 5. The van der Waals surface area contributed by atoms with Crippen LogP contribution in [0, 0.1) is 0 Å². The van der Waals surface area contributed by atoms with Crippen LogP contribution >= 0.6 is 0 Å². The summed E-state index contributed by atoms with van der Waals surface area (Å²) in [4.78, 5) is 24.6. The average molecular weight is 414 g/mol. The van der Waals surface area contributed by atoms with Crippen molar-refractivity contribution in [3.8, 4) is 5.69 Å². The van der Waals surface area contributed by atoms with Gasteiger partial charge in [0.1, 0.15) is 0 Å². The van der Waals surface area contributed by atoms with E-state index in [0.29, 0.717) is 10.2 Å². The van der Waals surface area contributed by atoms with Gasteiger partial charge >= 0.3 is 6.18 Å². The zero-order valence-corrected chi connectivity index (χ0v) is 15.6. The Hall–Kier alpha value is -3.62. The first-order valence-electron chi connectivity index (χ1n) is 9.26. The second-order valence-corrected chi connectivity index (χ2v) is 6.93. The van der Waals surface area contributed by atoms with E-state index in [1.165, 1.54) is 36.4 Å². The van der Waals surface area contributed by atoms with Crippen molar-refractivity contribution >= 4 is 17.5 Å². The lowest BCUT2D eigenvalue weighted by Crippen LogP contribution is -2.25. The molecule has 1 heterocycles. The molecule has 154 valence electrons. The number of benzene rings is 2. The topological polar surface area (TPSA) is 76.0 Å². The Labute approximate surface area is 169 Å².